The van der Waals surface area contributed by atoms with Crippen LogP contribution < -0.4 is 0 Å². The predicted octanol–water partition coefficient (Wildman–Crippen LogP) is 8.12. The molecule has 0 spiro atoms. The number of aromatic nitrogens is 2. The van der Waals surface area contributed by atoms with Gasteiger partial charge in [-0.3, -0.25) is 0 Å². The number of benzene rings is 6. The van der Waals surface area contributed by atoms with Gasteiger partial charge in [-0.15, -0.1) is 0 Å². The van der Waals surface area contributed by atoms with Crippen LogP contribution in [0.15, 0.2) is 109 Å². The average molecular weight is 483 g/mol. The summed E-state index contributed by atoms with van der Waals surface area (Å²) in [7, 11) is 0. The highest BCUT2D eigenvalue weighted by molar-refractivity contribution is 6.27. The van der Waals surface area contributed by atoms with Gasteiger partial charge in [0.05, 0.1) is 34.3 Å². The molecule has 0 atom stereocenters. The van der Waals surface area contributed by atoms with Crippen molar-refractivity contribution in [1.82, 2.24) is 9.97 Å². The Kier molecular flexibility index (Phi) is 4.86. The lowest BCUT2D eigenvalue weighted by Gasteiger charge is -2.18. The van der Waals surface area contributed by atoms with Crippen molar-refractivity contribution in [2.45, 2.75) is 0 Å². The minimum atomic E-state index is 0.626. The normalized spacial score (nSPS) is 11.1. The van der Waals surface area contributed by atoms with Gasteiger partial charge in [0, 0.05) is 16.3 Å². The summed E-state index contributed by atoms with van der Waals surface area (Å²) < 4.78 is 0. The van der Waals surface area contributed by atoms with Crippen molar-refractivity contribution in [3.8, 4) is 45.8 Å². The molecule has 0 aliphatic heterocycles. The number of rotatable bonds is 3. The molecular weight excluding hydrogens is 464 g/mol. The van der Waals surface area contributed by atoms with Gasteiger partial charge in [0.15, 0.2) is 5.82 Å². The van der Waals surface area contributed by atoms with Crippen molar-refractivity contribution in [3.05, 3.63) is 120 Å². The van der Waals surface area contributed by atoms with E-state index in [1.807, 2.05) is 78.9 Å². The minimum absolute atomic E-state index is 0.626. The van der Waals surface area contributed by atoms with E-state index in [4.69, 9.17) is 9.97 Å². The maximum absolute atomic E-state index is 9.31. The minimum Gasteiger partial charge on any atom is -0.228 e. The average Bonchev–Trinajstić information content (AvgIpc) is 3.00. The van der Waals surface area contributed by atoms with Crippen molar-refractivity contribution < 1.29 is 0 Å². The van der Waals surface area contributed by atoms with Crippen LogP contribution in [0.25, 0.3) is 66.2 Å². The predicted molar refractivity (Wildman–Crippen MR) is 151 cm³/mol. The quantitative estimate of drug-likeness (QED) is 0.238. The van der Waals surface area contributed by atoms with Crippen LogP contribution in [0.1, 0.15) is 11.1 Å². The van der Waals surface area contributed by atoms with E-state index >= 15 is 0 Å². The van der Waals surface area contributed by atoms with Gasteiger partial charge in [-0.05, 0) is 75.5 Å². The fourth-order valence-corrected chi connectivity index (χ4v) is 5.29. The maximum atomic E-state index is 9.31. The van der Waals surface area contributed by atoms with Crippen molar-refractivity contribution in [1.29, 1.82) is 10.5 Å². The van der Waals surface area contributed by atoms with Crippen molar-refractivity contribution in [2.75, 3.05) is 0 Å². The van der Waals surface area contributed by atoms with Crippen LogP contribution >= 0.6 is 0 Å². The molecule has 0 radical (unpaired) electrons. The van der Waals surface area contributed by atoms with Gasteiger partial charge in [0.2, 0.25) is 0 Å². The molecule has 0 aliphatic rings. The van der Waals surface area contributed by atoms with E-state index < -0.39 is 0 Å². The Morgan fingerprint density at radius 3 is 1.45 bits per heavy atom. The molecule has 0 saturated heterocycles. The lowest BCUT2D eigenvalue weighted by atomic mass is 9.87. The molecule has 7 rings (SSSR count). The van der Waals surface area contributed by atoms with Crippen LogP contribution in [0.4, 0.5) is 0 Å². The van der Waals surface area contributed by atoms with Gasteiger partial charge in [-0.2, -0.15) is 10.5 Å². The SMILES string of the molecule is N#Cc1ccc(-c2cc(-c3ccc(C#N)cc3)c3ccc4nc(-c5ccccc5)nc5ccc2c3c54)cc1. The third-order valence-electron chi connectivity index (χ3n) is 7.12. The van der Waals surface area contributed by atoms with E-state index in [1.54, 1.807) is 0 Å². The first-order chi connectivity index (χ1) is 18.7. The molecule has 4 heteroatoms. The summed E-state index contributed by atoms with van der Waals surface area (Å²) in [6.07, 6.45) is 0. The van der Waals surface area contributed by atoms with Crippen LogP contribution in [0, 0.1) is 22.7 Å². The topological polar surface area (TPSA) is 73.4 Å². The lowest BCUT2D eigenvalue weighted by Crippen LogP contribution is -1.96. The molecule has 0 bridgehead atoms. The van der Waals surface area contributed by atoms with E-state index in [0.717, 1.165) is 60.4 Å². The Bertz CT molecular complexity index is 1940. The molecule has 0 fully saturated rings. The molecule has 4 nitrogen and oxygen atoms in total. The summed E-state index contributed by atoms with van der Waals surface area (Å²) in [5, 5.41) is 23.0. The third-order valence-corrected chi connectivity index (χ3v) is 7.12. The fraction of sp³-hybridized carbons (Fsp3) is 0. The summed E-state index contributed by atoms with van der Waals surface area (Å²) in [5.74, 6) is 0.705. The molecule has 0 amide bonds. The summed E-state index contributed by atoms with van der Waals surface area (Å²) in [6, 6.07) is 40.5. The maximum Gasteiger partial charge on any atom is 0.160 e. The fourth-order valence-electron chi connectivity index (χ4n) is 5.29. The van der Waals surface area contributed by atoms with E-state index in [-0.39, 0.29) is 0 Å². The van der Waals surface area contributed by atoms with Gasteiger partial charge in [0.25, 0.3) is 0 Å². The van der Waals surface area contributed by atoms with Crippen LogP contribution in [0.2, 0.25) is 0 Å². The summed E-state index contributed by atoms with van der Waals surface area (Å²) in [5.41, 5.74) is 8.23. The largest absolute Gasteiger partial charge is 0.228 e. The number of nitriles is 2. The molecular formula is C34H18N4. The van der Waals surface area contributed by atoms with E-state index in [0.29, 0.717) is 17.0 Å². The Balaban J connectivity index is 1.58. The van der Waals surface area contributed by atoms with Crippen LogP contribution in [0.3, 0.4) is 0 Å². The first-order valence-corrected chi connectivity index (χ1v) is 12.3. The van der Waals surface area contributed by atoms with E-state index in [1.165, 1.54) is 0 Å². The molecule has 174 valence electrons. The standard InChI is InChI=1S/C34H18N4/c35-19-21-6-10-23(11-7-21)28-18-29(24-12-8-22(20-36)9-13-24)27-15-17-31-33-30(16-14-26(28)32(27)33)37-34(38-31)25-4-2-1-3-5-25/h1-18H. The zero-order valence-corrected chi connectivity index (χ0v) is 20.2. The van der Waals surface area contributed by atoms with Gasteiger partial charge in [0.1, 0.15) is 0 Å². The highest BCUT2D eigenvalue weighted by Gasteiger charge is 2.18. The number of nitrogens with zero attached hydrogens (tertiary/aromatic N) is 4. The molecule has 1 aromatic heterocycles. The van der Waals surface area contributed by atoms with E-state index in [9.17, 15) is 10.5 Å². The first kappa shape index (κ1) is 21.7. The van der Waals surface area contributed by atoms with Gasteiger partial charge in [-0.25, -0.2) is 9.97 Å². The summed E-state index contributed by atoms with van der Waals surface area (Å²) in [6.45, 7) is 0. The van der Waals surface area contributed by atoms with E-state index in [2.05, 4.69) is 42.5 Å². The van der Waals surface area contributed by atoms with Crippen molar-refractivity contribution in [3.63, 3.8) is 0 Å². The lowest BCUT2D eigenvalue weighted by molar-refractivity contribution is 1.26. The number of hydrogen-bond acceptors (Lipinski definition) is 4. The summed E-state index contributed by atoms with van der Waals surface area (Å²) in [4.78, 5) is 9.93. The van der Waals surface area contributed by atoms with Crippen molar-refractivity contribution in [2.24, 2.45) is 0 Å². The Labute approximate surface area is 219 Å². The zero-order chi connectivity index (χ0) is 25.6. The van der Waals surface area contributed by atoms with Crippen molar-refractivity contribution >= 4 is 32.6 Å². The molecule has 7 aromatic rings. The Morgan fingerprint density at radius 1 is 0.474 bits per heavy atom. The summed E-state index contributed by atoms with van der Waals surface area (Å²) >= 11 is 0. The molecule has 0 saturated carbocycles. The monoisotopic (exact) mass is 482 g/mol. The second kappa shape index (κ2) is 8.52. The smallest absolute Gasteiger partial charge is 0.160 e. The third kappa shape index (κ3) is 3.37. The highest BCUT2D eigenvalue weighted by atomic mass is 14.9. The molecule has 38 heavy (non-hydrogen) atoms. The van der Waals surface area contributed by atoms with Gasteiger partial charge in [-0.1, -0.05) is 66.7 Å². The van der Waals surface area contributed by atoms with Gasteiger partial charge < -0.3 is 0 Å². The van der Waals surface area contributed by atoms with Crippen LogP contribution in [0.5, 0.6) is 0 Å². The molecule has 6 aromatic carbocycles. The van der Waals surface area contributed by atoms with Crippen LogP contribution in [-0.2, 0) is 0 Å². The Morgan fingerprint density at radius 2 is 0.974 bits per heavy atom. The molecule has 0 aliphatic carbocycles. The molecule has 0 unspecified atom stereocenters. The number of hydrogen-bond donors (Lipinski definition) is 0. The van der Waals surface area contributed by atoms with Crippen LogP contribution in [-0.4, -0.2) is 9.97 Å². The Hall–Kier alpha value is -5.58. The highest BCUT2D eigenvalue weighted by Crippen LogP contribution is 2.43. The zero-order valence-electron chi connectivity index (χ0n) is 20.2. The second-order valence-corrected chi connectivity index (χ2v) is 9.28. The second-order valence-electron chi connectivity index (χ2n) is 9.28. The molecule has 0 N–H and O–H groups in total. The first-order valence-electron chi connectivity index (χ1n) is 12.3. The molecule has 1 heterocycles. The van der Waals surface area contributed by atoms with Gasteiger partial charge >= 0.3 is 0 Å².